The van der Waals surface area contributed by atoms with Crippen molar-refractivity contribution in [3.63, 3.8) is 0 Å². The number of piperidine rings is 1. The average molecular weight is 327 g/mol. The largest absolute Gasteiger partial charge is 1.00 e. The van der Waals surface area contributed by atoms with Gasteiger partial charge in [0.25, 0.3) is 0 Å². The van der Waals surface area contributed by atoms with Crippen LogP contribution in [0, 0.1) is 11.8 Å². The molecule has 1 amide bonds. The van der Waals surface area contributed by atoms with Gasteiger partial charge in [-0.15, -0.1) is 0 Å². The van der Waals surface area contributed by atoms with Crippen LogP contribution >= 0.6 is 12.6 Å². The van der Waals surface area contributed by atoms with Gasteiger partial charge in [0.2, 0.25) is 0 Å². The number of hydrogen-bond donors (Lipinski definition) is 2. The number of nitrogens with zero attached hydrogens (tertiary/aromatic N) is 1. The summed E-state index contributed by atoms with van der Waals surface area (Å²) in [6.45, 7) is 6.82. The zero-order chi connectivity index (χ0) is 15.3. The molecule has 118 valence electrons. The van der Waals surface area contributed by atoms with Crippen LogP contribution in [0.3, 0.4) is 0 Å². The van der Waals surface area contributed by atoms with Gasteiger partial charge in [-0.3, -0.25) is 4.79 Å². The third kappa shape index (κ3) is 7.77. The molecule has 7 heteroatoms. The number of likely N-dealkylation sites (tertiary alicyclic amines) is 1. The van der Waals surface area contributed by atoms with Crippen molar-refractivity contribution < 1.29 is 50.4 Å². The molecule has 1 heterocycles. The topological polar surface area (TPSA) is 66.8 Å². The predicted octanol–water partition coefficient (Wildman–Crippen LogP) is -0.229. The second-order valence-corrected chi connectivity index (χ2v) is 6.73. The van der Waals surface area contributed by atoms with Crippen LogP contribution in [0.1, 0.15) is 41.5 Å². The molecule has 1 unspecified atom stereocenters. The van der Waals surface area contributed by atoms with Crippen molar-refractivity contribution in [3.05, 3.63) is 0 Å². The summed E-state index contributed by atoms with van der Waals surface area (Å²) in [6, 6.07) is 0. The van der Waals surface area contributed by atoms with E-state index in [1.807, 2.05) is 20.8 Å². The molecule has 1 aliphatic heterocycles. The fourth-order valence-corrected chi connectivity index (χ4v) is 2.64. The molecular formula is C14H26NNaO4S. The summed E-state index contributed by atoms with van der Waals surface area (Å²) in [6.07, 6.45) is 2.02. The van der Waals surface area contributed by atoms with Gasteiger partial charge < -0.3 is 16.2 Å². The fraction of sp³-hybridized carbons (Fsp3) is 0.857. The van der Waals surface area contributed by atoms with E-state index in [1.165, 1.54) is 0 Å². The van der Waals surface area contributed by atoms with Crippen molar-refractivity contribution in [2.45, 2.75) is 45.6 Å². The Labute approximate surface area is 156 Å². The fourth-order valence-electron chi connectivity index (χ4n) is 2.33. The van der Waals surface area contributed by atoms with Crippen LogP contribution in [0.5, 0.6) is 0 Å². The van der Waals surface area contributed by atoms with Crippen molar-refractivity contribution in [1.29, 1.82) is 0 Å². The first-order chi connectivity index (χ1) is 9.23. The standard InChI is InChI=1S/C14H25NO4S.Na.H/c1-14(2,3)19-13(18)15-6-4-10(5-7-15)8-11(9-20)12(16)17;;/h10-11,20H,4-9H2,1-3H3,(H,16,17);;/q;+1;-1. The van der Waals surface area contributed by atoms with Gasteiger partial charge in [-0.05, 0) is 46.0 Å². The molecule has 1 atom stereocenters. The predicted molar refractivity (Wildman–Crippen MR) is 81.2 cm³/mol. The number of carboxylic acid groups (broad SMARTS) is 1. The SMILES string of the molecule is CC(C)(C)OC(=O)N1CCC(CC(CS)C(=O)O)CC1.[H-].[Na+]. The van der Waals surface area contributed by atoms with Gasteiger partial charge in [0, 0.05) is 18.8 Å². The van der Waals surface area contributed by atoms with Crippen LogP contribution in [0.25, 0.3) is 0 Å². The summed E-state index contributed by atoms with van der Waals surface area (Å²) >= 11 is 4.09. The van der Waals surface area contributed by atoms with E-state index in [0.717, 1.165) is 12.8 Å². The molecule has 21 heavy (non-hydrogen) atoms. The van der Waals surface area contributed by atoms with Gasteiger partial charge in [0.05, 0.1) is 5.92 Å². The van der Waals surface area contributed by atoms with E-state index in [9.17, 15) is 9.59 Å². The Bertz CT molecular complexity index is 357. The zero-order valence-corrected chi connectivity index (χ0v) is 16.4. The Balaban J connectivity index is 0. The molecule has 0 aromatic carbocycles. The molecular weight excluding hydrogens is 301 g/mol. The quantitative estimate of drug-likeness (QED) is 0.553. The Morgan fingerprint density at radius 2 is 1.90 bits per heavy atom. The maximum Gasteiger partial charge on any atom is 1.00 e. The summed E-state index contributed by atoms with van der Waals surface area (Å²) in [5.41, 5.74) is -0.478. The molecule has 1 N–H and O–H groups in total. The average Bonchev–Trinajstić information content (AvgIpc) is 2.34. The van der Waals surface area contributed by atoms with Gasteiger partial charge in [-0.25, -0.2) is 4.79 Å². The third-order valence-electron chi connectivity index (χ3n) is 3.45. The molecule has 1 aliphatic rings. The molecule has 0 aliphatic carbocycles. The number of aliphatic carboxylic acids is 1. The molecule has 0 radical (unpaired) electrons. The second-order valence-electron chi connectivity index (χ2n) is 6.36. The van der Waals surface area contributed by atoms with Crippen molar-refractivity contribution in [1.82, 2.24) is 4.90 Å². The van der Waals surface area contributed by atoms with E-state index in [2.05, 4.69) is 12.6 Å². The van der Waals surface area contributed by atoms with Crippen molar-refractivity contribution in [3.8, 4) is 0 Å². The minimum absolute atomic E-state index is 0. The molecule has 5 nitrogen and oxygen atoms in total. The monoisotopic (exact) mass is 327 g/mol. The number of amides is 1. The van der Waals surface area contributed by atoms with Crippen LogP contribution in [0.4, 0.5) is 4.79 Å². The van der Waals surface area contributed by atoms with Crippen molar-refractivity contribution in [2.24, 2.45) is 11.8 Å². The summed E-state index contributed by atoms with van der Waals surface area (Å²) in [5.74, 6) is -0.463. The minimum Gasteiger partial charge on any atom is -1.00 e. The van der Waals surface area contributed by atoms with E-state index in [1.54, 1.807) is 4.90 Å². The number of carboxylic acids is 1. The van der Waals surface area contributed by atoms with Gasteiger partial charge in [-0.1, -0.05) is 0 Å². The summed E-state index contributed by atoms with van der Waals surface area (Å²) < 4.78 is 5.33. The van der Waals surface area contributed by atoms with Gasteiger partial charge in [0.1, 0.15) is 5.60 Å². The Kier molecular flexibility index (Phi) is 9.32. The summed E-state index contributed by atoms with van der Waals surface area (Å²) in [4.78, 5) is 24.6. The van der Waals surface area contributed by atoms with Gasteiger partial charge in [-0.2, -0.15) is 12.6 Å². The Hall–Kier alpha value is 0.0900. The van der Waals surface area contributed by atoms with Crippen LogP contribution in [-0.2, 0) is 9.53 Å². The number of ether oxygens (including phenoxy) is 1. The number of hydrogen-bond acceptors (Lipinski definition) is 4. The molecule has 0 aromatic heterocycles. The van der Waals surface area contributed by atoms with Crippen LogP contribution in [-0.4, -0.2) is 46.5 Å². The van der Waals surface area contributed by atoms with Crippen molar-refractivity contribution >= 4 is 24.7 Å². The van der Waals surface area contributed by atoms with Gasteiger partial charge in [0.15, 0.2) is 0 Å². The zero-order valence-electron chi connectivity index (χ0n) is 14.5. The number of carbonyl (C=O) groups excluding carboxylic acids is 1. The molecule has 0 bridgehead atoms. The summed E-state index contributed by atoms with van der Waals surface area (Å²) in [7, 11) is 0. The minimum atomic E-state index is -0.783. The first kappa shape index (κ1) is 21.1. The smallest absolute Gasteiger partial charge is 1.00 e. The maximum absolute atomic E-state index is 11.9. The normalized spacial score (nSPS) is 17.8. The van der Waals surface area contributed by atoms with E-state index in [4.69, 9.17) is 9.84 Å². The molecule has 1 saturated heterocycles. The van der Waals surface area contributed by atoms with Crippen LogP contribution in [0.2, 0.25) is 0 Å². The van der Waals surface area contributed by atoms with E-state index in [0.29, 0.717) is 31.2 Å². The second kappa shape index (κ2) is 9.28. The van der Waals surface area contributed by atoms with E-state index < -0.39 is 17.5 Å². The number of carbonyl (C=O) groups is 2. The first-order valence-corrected chi connectivity index (χ1v) is 7.67. The van der Waals surface area contributed by atoms with Crippen molar-refractivity contribution in [2.75, 3.05) is 18.8 Å². The van der Waals surface area contributed by atoms with Crippen LogP contribution in [0.15, 0.2) is 0 Å². The number of thiol groups is 1. The Morgan fingerprint density at radius 1 is 1.38 bits per heavy atom. The Morgan fingerprint density at radius 3 is 2.29 bits per heavy atom. The third-order valence-corrected chi connectivity index (χ3v) is 3.89. The summed E-state index contributed by atoms with van der Waals surface area (Å²) in [5, 5.41) is 9.04. The molecule has 1 fully saturated rings. The first-order valence-electron chi connectivity index (χ1n) is 7.04. The molecule has 0 spiro atoms. The van der Waals surface area contributed by atoms with E-state index >= 15 is 0 Å². The van der Waals surface area contributed by atoms with Crippen LogP contribution < -0.4 is 29.6 Å². The molecule has 0 saturated carbocycles. The molecule has 0 aromatic rings. The molecule has 1 rings (SSSR count). The van der Waals surface area contributed by atoms with E-state index in [-0.39, 0.29) is 37.1 Å². The van der Waals surface area contributed by atoms with Gasteiger partial charge >= 0.3 is 41.6 Å². The number of rotatable bonds is 4. The maximum atomic E-state index is 11.9.